The van der Waals surface area contributed by atoms with Crippen molar-refractivity contribution in [3.63, 3.8) is 0 Å². The highest BCUT2D eigenvalue weighted by molar-refractivity contribution is 5.85. The molecule has 2 amide bonds. The number of hydrogen-bond acceptors (Lipinski definition) is 3. The van der Waals surface area contributed by atoms with Crippen molar-refractivity contribution >= 4 is 24.2 Å². The average molecular weight is 366 g/mol. The number of aryl methyl sites for hydroxylation is 1. The number of carbonyl (C=O) groups excluding carboxylic acids is 2. The predicted octanol–water partition coefficient (Wildman–Crippen LogP) is 1.90. The molecular weight excluding hydrogens is 338 g/mol. The summed E-state index contributed by atoms with van der Waals surface area (Å²) in [6.45, 7) is 2.42. The summed E-state index contributed by atoms with van der Waals surface area (Å²) in [6.07, 6.45) is 4.98. The molecule has 0 saturated carbocycles. The van der Waals surface area contributed by atoms with Crippen LogP contribution >= 0.6 is 12.4 Å². The number of carbonyl (C=O) groups is 2. The van der Waals surface area contributed by atoms with E-state index in [1.54, 1.807) is 0 Å². The molecule has 6 heteroatoms. The van der Waals surface area contributed by atoms with Gasteiger partial charge in [-0.25, -0.2) is 0 Å². The van der Waals surface area contributed by atoms with Gasteiger partial charge >= 0.3 is 0 Å². The molecule has 3 rings (SSSR count). The minimum absolute atomic E-state index is 0. The molecule has 2 aliphatic rings. The molecule has 138 valence electrons. The van der Waals surface area contributed by atoms with Gasteiger partial charge in [0.25, 0.3) is 0 Å². The smallest absolute Gasteiger partial charge is 0.222 e. The third-order valence-corrected chi connectivity index (χ3v) is 4.97. The first-order valence-corrected chi connectivity index (χ1v) is 9.05. The lowest BCUT2D eigenvalue weighted by Gasteiger charge is -2.18. The molecule has 1 aromatic carbocycles. The summed E-state index contributed by atoms with van der Waals surface area (Å²) in [4.78, 5) is 26.3. The molecule has 2 fully saturated rings. The van der Waals surface area contributed by atoms with Crippen molar-refractivity contribution in [2.24, 2.45) is 0 Å². The van der Waals surface area contributed by atoms with Crippen LogP contribution in [0.1, 0.15) is 37.7 Å². The maximum Gasteiger partial charge on any atom is 0.222 e. The van der Waals surface area contributed by atoms with Gasteiger partial charge in [-0.1, -0.05) is 30.3 Å². The normalized spacial score (nSPS) is 22.5. The molecule has 2 N–H and O–H groups in total. The molecule has 1 aromatic rings. The second kappa shape index (κ2) is 9.78. The topological polar surface area (TPSA) is 61.4 Å². The summed E-state index contributed by atoms with van der Waals surface area (Å²) in [5, 5.41) is 6.44. The monoisotopic (exact) mass is 365 g/mol. The van der Waals surface area contributed by atoms with E-state index >= 15 is 0 Å². The maximum absolute atomic E-state index is 12.3. The fourth-order valence-electron chi connectivity index (χ4n) is 3.60. The molecule has 2 saturated heterocycles. The van der Waals surface area contributed by atoms with E-state index in [4.69, 9.17) is 0 Å². The number of benzene rings is 1. The number of halogens is 1. The predicted molar refractivity (Wildman–Crippen MR) is 101 cm³/mol. The van der Waals surface area contributed by atoms with Gasteiger partial charge in [-0.05, 0) is 37.8 Å². The molecule has 5 nitrogen and oxygen atoms in total. The fourth-order valence-corrected chi connectivity index (χ4v) is 3.60. The highest BCUT2D eigenvalue weighted by atomic mass is 35.5. The minimum atomic E-state index is 0. The summed E-state index contributed by atoms with van der Waals surface area (Å²) in [7, 11) is 0. The summed E-state index contributed by atoms with van der Waals surface area (Å²) < 4.78 is 0. The van der Waals surface area contributed by atoms with Gasteiger partial charge in [0.05, 0.1) is 0 Å². The Kier molecular flexibility index (Phi) is 7.72. The lowest BCUT2D eigenvalue weighted by molar-refractivity contribution is -0.130. The Morgan fingerprint density at radius 1 is 1.20 bits per heavy atom. The molecule has 2 atom stereocenters. The van der Waals surface area contributed by atoms with Gasteiger partial charge in [0, 0.05) is 38.0 Å². The third kappa shape index (κ3) is 6.01. The van der Waals surface area contributed by atoms with Crippen molar-refractivity contribution in [3.05, 3.63) is 35.9 Å². The number of amides is 2. The van der Waals surface area contributed by atoms with Crippen molar-refractivity contribution in [1.82, 2.24) is 15.5 Å². The first-order chi connectivity index (χ1) is 11.7. The van der Waals surface area contributed by atoms with Crippen LogP contribution in [0, 0.1) is 0 Å². The molecule has 0 radical (unpaired) electrons. The quantitative estimate of drug-likeness (QED) is 0.809. The first-order valence-electron chi connectivity index (χ1n) is 9.05. The number of hydrogen-bond donors (Lipinski definition) is 2. The molecule has 2 unspecified atom stereocenters. The number of rotatable bonds is 6. The summed E-state index contributed by atoms with van der Waals surface area (Å²) in [5.74, 6) is 0.297. The van der Waals surface area contributed by atoms with E-state index in [9.17, 15) is 9.59 Å². The molecule has 0 aromatic heterocycles. The van der Waals surface area contributed by atoms with Crippen molar-refractivity contribution in [2.45, 2.75) is 50.6 Å². The summed E-state index contributed by atoms with van der Waals surface area (Å²) >= 11 is 0. The Labute approximate surface area is 155 Å². The zero-order valence-electron chi connectivity index (χ0n) is 14.6. The summed E-state index contributed by atoms with van der Waals surface area (Å²) in [6, 6.07) is 10.5. The second-order valence-electron chi connectivity index (χ2n) is 6.88. The lowest BCUT2D eigenvalue weighted by atomic mass is 10.1. The van der Waals surface area contributed by atoms with Gasteiger partial charge in [-0.15, -0.1) is 12.4 Å². The Balaban J connectivity index is 0.00000225. The zero-order chi connectivity index (χ0) is 16.8. The molecule has 0 aliphatic carbocycles. The van der Waals surface area contributed by atoms with Crippen LogP contribution in [-0.2, 0) is 16.0 Å². The molecule has 0 bridgehead atoms. The van der Waals surface area contributed by atoms with Crippen LogP contribution in [0.25, 0.3) is 0 Å². The minimum Gasteiger partial charge on any atom is -0.351 e. The van der Waals surface area contributed by atoms with E-state index in [2.05, 4.69) is 22.8 Å². The van der Waals surface area contributed by atoms with Gasteiger partial charge in [0.1, 0.15) is 0 Å². The van der Waals surface area contributed by atoms with Crippen LogP contribution in [-0.4, -0.2) is 48.4 Å². The van der Waals surface area contributed by atoms with Crippen LogP contribution in [0.3, 0.4) is 0 Å². The van der Waals surface area contributed by atoms with Crippen LogP contribution in [0.15, 0.2) is 30.3 Å². The highest BCUT2D eigenvalue weighted by Gasteiger charge is 2.27. The van der Waals surface area contributed by atoms with E-state index in [-0.39, 0.29) is 30.3 Å². The molecule has 2 heterocycles. The van der Waals surface area contributed by atoms with Crippen LogP contribution < -0.4 is 10.6 Å². The van der Waals surface area contributed by atoms with E-state index in [0.29, 0.717) is 25.4 Å². The largest absolute Gasteiger partial charge is 0.351 e. The van der Waals surface area contributed by atoms with Crippen molar-refractivity contribution in [3.8, 4) is 0 Å². The van der Waals surface area contributed by atoms with E-state index in [0.717, 1.165) is 38.8 Å². The zero-order valence-corrected chi connectivity index (χ0v) is 15.4. The SMILES string of the molecule is Cl.O=C(CC1CCCN1)NC1CCN(C(=O)CCc2ccccc2)C1. The third-order valence-electron chi connectivity index (χ3n) is 4.97. The molecule has 25 heavy (non-hydrogen) atoms. The van der Waals surface area contributed by atoms with E-state index in [1.165, 1.54) is 5.56 Å². The number of likely N-dealkylation sites (tertiary alicyclic amines) is 1. The van der Waals surface area contributed by atoms with E-state index in [1.807, 2.05) is 23.1 Å². The standard InChI is InChI=1S/C19H27N3O2.ClH/c23-18(13-16-7-4-11-20-16)21-17-10-12-22(14-17)19(24)9-8-15-5-2-1-3-6-15;/h1-3,5-6,16-17,20H,4,7-14H2,(H,21,23);1H. The van der Waals surface area contributed by atoms with Crippen LogP contribution in [0.5, 0.6) is 0 Å². The lowest BCUT2D eigenvalue weighted by Crippen LogP contribution is -2.40. The Bertz CT molecular complexity index is 561. The molecule has 0 spiro atoms. The molecule has 2 aliphatic heterocycles. The van der Waals surface area contributed by atoms with Gasteiger partial charge < -0.3 is 15.5 Å². The van der Waals surface area contributed by atoms with Gasteiger partial charge in [0.15, 0.2) is 0 Å². The number of nitrogens with one attached hydrogen (secondary N) is 2. The van der Waals surface area contributed by atoms with Crippen LogP contribution in [0.4, 0.5) is 0 Å². The number of nitrogens with zero attached hydrogens (tertiary/aromatic N) is 1. The Morgan fingerprint density at radius 3 is 2.72 bits per heavy atom. The maximum atomic E-state index is 12.3. The first kappa shape index (κ1) is 19.7. The van der Waals surface area contributed by atoms with Crippen molar-refractivity contribution in [1.29, 1.82) is 0 Å². The highest BCUT2D eigenvalue weighted by Crippen LogP contribution is 2.14. The fraction of sp³-hybridized carbons (Fsp3) is 0.579. The van der Waals surface area contributed by atoms with Gasteiger partial charge in [0.2, 0.25) is 11.8 Å². The van der Waals surface area contributed by atoms with Gasteiger partial charge in [-0.2, -0.15) is 0 Å². The summed E-state index contributed by atoms with van der Waals surface area (Å²) in [5.41, 5.74) is 1.19. The van der Waals surface area contributed by atoms with Crippen molar-refractivity contribution in [2.75, 3.05) is 19.6 Å². The average Bonchev–Trinajstić information content (AvgIpc) is 3.25. The van der Waals surface area contributed by atoms with E-state index < -0.39 is 0 Å². The Morgan fingerprint density at radius 2 is 2.00 bits per heavy atom. The van der Waals surface area contributed by atoms with Gasteiger partial charge in [-0.3, -0.25) is 9.59 Å². The van der Waals surface area contributed by atoms with Crippen LogP contribution in [0.2, 0.25) is 0 Å². The molecular formula is C19H28ClN3O2. The Hall–Kier alpha value is -1.59. The second-order valence-corrected chi connectivity index (χ2v) is 6.88. The van der Waals surface area contributed by atoms with Crippen molar-refractivity contribution < 1.29 is 9.59 Å².